The first-order valence-corrected chi connectivity index (χ1v) is 11.1. The Labute approximate surface area is 179 Å². The molecule has 164 valence electrons. The normalized spacial score (nSPS) is 12.6. The summed E-state index contributed by atoms with van der Waals surface area (Å²) in [6, 6.07) is 13.3. The van der Waals surface area contributed by atoms with Gasteiger partial charge < -0.3 is 14.8 Å². The van der Waals surface area contributed by atoms with Crippen LogP contribution in [-0.4, -0.2) is 46.4 Å². The first-order chi connectivity index (χ1) is 14.2. The van der Waals surface area contributed by atoms with E-state index in [1.807, 2.05) is 24.3 Å². The molecule has 0 aromatic heterocycles. The highest BCUT2D eigenvalue weighted by Gasteiger charge is 2.24. The van der Waals surface area contributed by atoms with E-state index in [0.29, 0.717) is 11.7 Å². The van der Waals surface area contributed by atoms with Crippen molar-refractivity contribution < 1.29 is 22.7 Å². The van der Waals surface area contributed by atoms with Crippen molar-refractivity contribution in [1.29, 1.82) is 0 Å². The summed E-state index contributed by atoms with van der Waals surface area (Å²) in [6.45, 7) is 3.87. The molecular weight excluding hydrogens is 404 g/mol. The topological polar surface area (TPSA) is 84.9 Å². The van der Waals surface area contributed by atoms with Crippen LogP contribution in [0.2, 0.25) is 0 Å². The monoisotopic (exact) mass is 434 g/mol. The number of rotatable bonds is 10. The number of likely N-dealkylation sites (N-methyl/N-ethyl adjacent to an activating group) is 1. The molecule has 1 atom stereocenters. The molecule has 0 spiro atoms. The second-order valence-electron chi connectivity index (χ2n) is 7.46. The number of amides is 1. The number of benzene rings is 2. The molecule has 7 nitrogen and oxygen atoms in total. The van der Waals surface area contributed by atoms with Crippen molar-refractivity contribution in [2.75, 3.05) is 27.8 Å². The lowest BCUT2D eigenvalue weighted by Crippen LogP contribution is -2.40. The van der Waals surface area contributed by atoms with Crippen molar-refractivity contribution in [3.8, 4) is 11.5 Å². The van der Waals surface area contributed by atoms with Crippen LogP contribution in [0.4, 0.5) is 0 Å². The maximum Gasteiger partial charge on any atom is 0.243 e. The quantitative estimate of drug-likeness (QED) is 0.621. The number of nitrogens with zero attached hydrogens (tertiary/aromatic N) is 1. The van der Waals surface area contributed by atoms with Gasteiger partial charge in [-0.05, 0) is 54.3 Å². The molecule has 0 aliphatic carbocycles. The third-order valence-corrected chi connectivity index (χ3v) is 6.51. The van der Waals surface area contributed by atoms with E-state index in [4.69, 9.17) is 9.47 Å². The Hall–Kier alpha value is -2.58. The Kier molecular flexibility index (Phi) is 8.25. The summed E-state index contributed by atoms with van der Waals surface area (Å²) < 4.78 is 36.8. The molecule has 0 radical (unpaired) electrons. The molecule has 0 fully saturated rings. The molecule has 0 aliphatic rings. The fourth-order valence-corrected chi connectivity index (χ4v) is 4.17. The summed E-state index contributed by atoms with van der Waals surface area (Å²) in [4.78, 5) is 12.8. The fraction of sp³-hybridized carbons (Fsp3) is 0.409. The lowest BCUT2D eigenvalue weighted by molar-refractivity contribution is -0.122. The molecule has 1 N–H and O–H groups in total. The van der Waals surface area contributed by atoms with Crippen LogP contribution in [0.25, 0.3) is 0 Å². The van der Waals surface area contributed by atoms with Crippen molar-refractivity contribution in [3.63, 3.8) is 0 Å². The minimum atomic E-state index is -3.79. The summed E-state index contributed by atoms with van der Waals surface area (Å²) in [7, 11) is 0.711. The number of carbonyl (C=O) groups is 1. The Bertz CT molecular complexity index is 925. The molecule has 0 saturated heterocycles. The number of ether oxygens (including phenoxy) is 2. The van der Waals surface area contributed by atoms with Gasteiger partial charge in [0.2, 0.25) is 15.9 Å². The summed E-state index contributed by atoms with van der Waals surface area (Å²) in [5.41, 5.74) is 0.943. The van der Waals surface area contributed by atoms with E-state index in [2.05, 4.69) is 19.2 Å². The van der Waals surface area contributed by atoms with Gasteiger partial charge in [-0.3, -0.25) is 4.79 Å². The van der Waals surface area contributed by atoms with Gasteiger partial charge >= 0.3 is 0 Å². The number of nitrogens with one attached hydrogen (secondary N) is 1. The highest BCUT2D eigenvalue weighted by molar-refractivity contribution is 7.89. The first-order valence-electron chi connectivity index (χ1n) is 9.71. The van der Waals surface area contributed by atoms with Crippen LogP contribution < -0.4 is 14.8 Å². The molecule has 2 aromatic rings. The molecule has 0 heterocycles. The number of methoxy groups -OCH3 is 2. The van der Waals surface area contributed by atoms with Crippen LogP contribution >= 0.6 is 0 Å². The van der Waals surface area contributed by atoms with Crippen LogP contribution in [0.3, 0.4) is 0 Å². The molecule has 2 rings (SSSR count). The summed E-state index contributed by atoms with van der Waals surface area (Å²) in [5, 5.41) is 2.97. The average molecular weight is 435 g/mol. The SMILES string of the molecule is COc1ccc([C@H](CC(C)C)NC(=O)CN(C)S(=O)(=O)c2ccc(OC)cc2)cc1. The fourth-order valence-electron chi connectivity index (χ4n) is 3.04. The second kappa shape index (κ2) is 10.4. The van der Waals surface area contributed by atoms with Crippen molar-refractivity contribution >= 4 is 15.9 Å². The maximum absolute atomic E-state index is 12.8. The Morgan fingerprint density at radius 3 is 1.93 bits per heavy atom. The van der Waals surface area contributed by atoms with Gasteiger partial charge in [0.15, 0.2) is 0 Å². The molecule has 0 unspecified atom stereocenters. The van der Waals surface area contributed by atoms with Crippen LogP contribution in [-0.2, 0) is 14.8 Å². The second-order valence-corrected chi connectivity index (χ2v) is 9.50. The van der Waals surface area contributed by atoms with Gasteiger partial charge in [-0.2, -0.15) is 4.31 Å². The Morgan fingerprint density at radius 2 is 1.47 bits per heavy atom. The Balaban J connectivity index is 2.10. The predicted molar refractivity (Wildman–Crippen MR) is 116 cm³/mol. The van der Waals surface area contributed by atoms with E-state index in [0.717, 1.165) is 22.0 Å². The van der Waals surface area contributed by atoms with Gasteiger partial charge in [-0.1, -0.05) is 26.0 Å². The van der Waals surface area contributed by atoms with Crippen molar-refractivity contribution in [2.24, 2.45) is 5.92 Å². The molecule has 8 heteroatoms. The van der Waals surface area contributed by atoms with Gasteiger partial charge in [-0.25, -0.2) is 8.42 Å². The first kappa shape index (κ1) is 23.7. The third-order valence-electron chi connectivity index (χ3n) is 4.69. The summed E-state index contributed by atoms with van der Waals surface area (Å²) in [5.74, 6) is 1.28. The minimum absolute atomic E-state index is 0.104. The van der Waals surface area contributed by atoms with Crippen LogP contribution in [0.15, 0.2) is 53.4 Å². The third kappa shape index (κ3) is 6.21. The number of hydrogen-bond donors (Lipinski definition) is 1. The van der Waals surface area contributed by atoms with Gasteiger partial charge in [0.1, 0.15) is 11.5 Å². The van der Waals surface area contributed by atoms with Gasteiger partial charge in [0, 0.05) is 7.05 Å². The van der Waals surface area contributed by atoms with Crippen LogP contribution in [0, 0.1) is 5.92 Å². The standard InChI is InChI=1S/C22H30N2O5S/c1-16(2)14-21(17-6-8-18(28-4)9-7-17)23-22(25)15-24(3)30(26,27)20-12-10-19(29-5)11-13-20/h6-13,16,21H,14-15H2,1-5H3,(H,23,25)/t21-/m0/s1. The number of hydrogen-bond acceptors (Lipinski definition) is 5. The van der Waals surface area contributed by atoms with Crippen molar-refractivity contribution in [2.45, 2.75) is 31.2 Å². The molecular formula is C22H30N2O5S. The Morgan fingerprint density at radius 1 is 0.967 bits per heavy atom. The number of sulfonamides is 1. The van der Waals surface area contributed by atoms with E-state index in [-0.39, 0.29) is 23.4 Å². The largest absolute Gasteiger partial charge is 0.497 e. The van der Waals surface area contributed by atoms with E-state index in [9.17, 15) is 13.2 Å². The summed E-state index contributed by atoms with van der Waals surface area (Å²) >= 11 is 0. The molecule has 0 saturated carbocycles. The zero-order valence-corrected chi connectivity index (χ0v) is 18.9. The zero-order chi connectivity index (χ0) is 22.3. The lowest BCUT2D eigenvalue weighted by Gasteiger charge is -2.23. The minimum Gasteiger partial charge on any atom is -0.497 e. The van der Waals surface area contributed by atoms with Gasteiger partial charge in [0.05, 0.1) is 31.7 Å². The number of carbonyl (C=O) groups excluding carboxylic acids is 1. The van der Waals surface area contributed by atoms with E-state index in [1.54, 1.807) is 19.2 Å². The zero-order valence-electron chi connectivity index (χ0n) is 18.1. The van der Waals surface area contributed by atoms with Crippen molar-refractivity contribution in [1.82, 2.24) is 9.62 Å². The highest BCUT2D eigenvalue weighted by Crippen LogP contribution is 2.24. The van der Waals surface area contributed by atoms with E-state index in [1.165, 1.54) is 26.3 Å². The molecule has 2 aromatic carbocycles. The molecule has 0 aliphatic heterocycles. The lowest BCUT2D eigenvalue weighted by atomic mass is 9.97. The molecule has 1 amide bonds. The van der Waals surface area contributed by atoms with Gasteiger partial charge in [-0.15, -0.1) is 0 Å². The van der Waals surface area contributed by atoms with E-state index >= 15 is 0 Å². The van der Waals surface area contributed by atoms with Gasteiger partial charge in [0.25, 0.3) is 0 Å². The predicted octanol–water partition coefficient (Wildman–Crippen LogP) is 3.23. The summed E-state index contributed by atoms with van der Waals surface area (Å²) in [6.07, 6.45) is 0.729. The highest BCUT2D eigenvalue weighted by atomic mass is 32.2. The molecule has 0 bridgehead atoms. The van der Waals surface area contributed by atoms with Crippen molar-refractivity contribution in [3.05, 3.63) is 54.1 Å². The maximum atomic E-state index is 12.8. The smallest absolute Gasteiger partial charge is 0.243 e. The molecule has 30 heavy (non-hydrogen) atoms. The van der Waals surface area contributed by atoms with Crippen LogP contribution in [0.1, 0.15) is 31.9 Å². The van der Waals surface area contributed by atoms with E-state index < -0.39 is 10.0 Å². The van der Waals surface area contributed by atoms with Crippen LogP contribution in [0.5, 0.6) is 11.5 Å². The average Bonchev–Trinajstić information content (AvgIpc) is 2.73.